The summed E-state index contributed by atoms with van der Waals surface area (Å²) in [5, 5.41) is 0. The van der Waals surface area contributed by atoms with Crippen LogP contribution in [0.2, 0.25) is 0 Å². The van der Waals surface area contributed by atoms with Crippen molar-refractivity contribution in [1.29, 1.82) is 0 Å². The summed E-state index contributed by atoms with van der Waals surface area (Å²) in [7, 11) is 1.26. The van der Waals surface area contributed by atoms with Crippen LogP contribution in [0.5, 0.6) is 0 Å². The van der Waals surface area contributed by atoms with Gasteiger partial charge >= 0.3 is 12.1 Å². The molecule has 3 nitrogen and oxygen atoms in total. The van der Waals surface area contributed by atoms with Crippen LogP contribution in [-0.4, -0.2) is 19.3 Å². The molecule has 18 heavy (non-hydrogen) atoms. The van der Waals surface area contributed by atoms with Gasteiger partial charge in [0.15, 0.2) is 0 Å². The summed E-state index contributed by atoms with van der Waals surface area (Å²) in [5.74, 6) is -0.495. The van der Waals surface area contributed by atoms with Crippen LogP contribution in [0.15, 0.2) is 24.3 Å². The molecule has 0 bridgehead atoms. The van der Waals surface area contributed by atoms with Gasteiger partial charge in [-0.1, -0.05) is 12.1 Å². The van der Waals surface area contributed by atoms with Crippen molar-refractivity contribution in [2.45, 2.75) is 25.1 Å². The number of carbonyl (C=O) groups is 1. The first kappa shape index (κ1) is 14.5. The van der Waals surface area contributed by atoms with E-state index in [1.807, 2.05) is 0 Å². The summed E-state index contributed by atoms with van der Waals surface area (Å²) in [5.41, 5.74) is 6.54. The van der Waals surface area contributed by atoms with Crippen molar-refractivity contribution in [2.75, 3.05) is 7.11 Å². The van der Waals surface area contributed by atoms with Crippen LogP contribution < -0.4 is 5.73 Å². The molecule has 1 aromatic rings. The Labute approximate surface area is 103 Å². The molecule has 0 aliphatic heterocycles. The van der Waals surface area contributed by atoms with E-state index in [1.54, 1.807) is 0 Å². The van der Waals surface area contributed by atoms with Crippen molar-refractivity contribution in [1.82, 2.24) is 0 Å². The Morgan fingerprint density at radius 3 is 2.33 bits per heavy atom. The van der Waals surface area contributed by atoms with Crippen LogP contribution >= 0.6 is 0 Å². The Balaban J connectivity index is 2.64. The molecule has 0 radical (unpaired) electrons. The number of methoxy groups -OCH3 is 1. The van der Waals surface area contributed by atoms with Gasteiger partial charge in [-0.2, -0.15) is 13.2 Å². The van der Waals surface area contributed by atoms with E-state index in [4.69, 9.17) is 5.73 Å². The Morgan fingerprint density at radius 1 is 1.33 bits per heavy atom. The SMILES string of the molecule is COC(=O)c1ccc([C@H](N)CCC(F)(F)F)cc1. The summed E-state index contributed by atoms with van der Waals surface area (Å²) in [6.07, 6.45) is -5.31. The lowest BCUT2D eigenvalue weighted by Crippen LogP contribution is -2.16. The highest BCUT2D eigenvalue weighted by Crippen LogP contribution is 2.26. The van der Waals surface area contributed by atoms with Crippen molar-refractivity contribution < 1.29 is 22.7 Å². The van der Waals surface area contributed by atoms with E-state index < -0.39 is 24.6 Å². The third-order valence-electron chi connectivity index (χ3n) is 2.50. The van der Waals surface area contributed by atoms with Crippen LogP contribution in [0, 0.1) is 0 Å². The zero-order chi connectivity index (χ0) is 13.8. The standard InChI is InChI=1S/C12H14F3NO2/c1-18-11(17)9-4-2-8(3-5-9)10(16)6-7-12(13,14)15/h2-5,10H,6-7,16H2,1H3/t10-/m1/s1. The first-order valence-corrected chi connectivity index (χ1v) is 5.34. The Kier molecular flexibility index (Phi) is 4.72. The fourth-order valence-corrected chi connectivity index (χ4v) is 1.47. The number of hydrogen-bond acceptors (Lipinski definition) is 3. The fourth-order valence-electron chi connectivity index (χ4n) is 1.47. The van der Waals surface area contributed by atoms with Gasteiger partial charge in [-0.25, -0.2) is 4.79 Å². The molecule has 0 fully saturated rings. The largest absolute Gasteiger partial charge is 0.465 e. The molecule has 0 aromatic heterocycles. The number of carbonyl (C=O) groups excluding carboxylic acids is 1. The fraction of sp³-hybridized carbons (Fsp3) is 0.417. The predicted molar refractivity (Wildman–Crippen MR) is 60.0 cm³/mol. The second-order valence-electron chi connectivity index (χ2n) is 3.87. The first-order valence-electron chi connectivity index (χ1n) is 5.34. The average molecular weight is 261 g/mol. The van der Waals surface area contributed by atoms with E-state index in [0.717, 1.165) is 0 Å². The number of hydrogen-bond donors (Lipinski definition) is 1. The summed E-state index contributed by atoms with van der Waals surface area (Å²) < 4.78 is 40.6. The summed E-state index contributed by atoms with van der Waals surface area (Å²) in [4.78, 5) is 11.1. The molecule has 0 spiro atoms. The molecule has 100 valence electrons. The highest BCUT2D eigenvalue weighted by Gasteiger charge is 2.27. The monoisotopic (exact) mass is 261 g/mol. The van der Waals surface area contributed by atoms with Crippen LogP contribution in [0.25, 0.3) is 0 Å². The van der Waals surface area contributed by atoms with E-state index in [-0.39, 0.29) is 6.42 Å². The minimum atomic E-state index is -4.20. The van der Waals surface area contributed by atoms with Crippen molar-refractivity contribution >= 4 is 5.97 Å². The second-order valence-corrected chi connectivity index (χ2v) is 3.87. The quantitative estimate of drug-likeness (QED) is 0.848. The molecular weight excluding hydrogens is 247 g/mol. The number of benzene rings is 1. The average Bonchev–Trinajstić information content (AvgIpc) is 2.34. The van der Waals surface area contributed by atoms with E-state index in [1.165, 1.54) is 31.4 Å². The number of halogens is 3. The van der Waals surface area contributed by atoms with Crippen molar-refractivity contribution in [2.24, 2.45) is 5.73 Å². The topological polar surface area (TPSA) is 52.3 Å². The molecule has 6 heteroatoms. The number of nitrogens with two attached hydrogens (primary N) is 1. The van der Waals surface area contributed by atoms with Crippen LogP contribution in [-0.2, 0) is 4.74 Å². The van der Waals surface area contributed by atoms with Crippen LogP contribution in [0.4, 0.5) is 13.2 Å². The molecule has 0 saturated heterocycles. The normalized spacial score (nSPS) is 13.2. The lowest BCUT2D eigenvalue weighted by Gasteiger charge is -2.13. The van der Waals surface area contributed by atoms with Gasteiger partial charge in [-0.3, -0.25) is 0 Å². The molecule has 1 rings (SSSR count). The summed E-state index contributed by atoms with van der Waals surface area (Å²) in [6.45, 7) is 0. The predicted octanol–water partition coefficient (Wildman–Crippen LogP) is 2.82. The van der Waals surface area contributed by atoms with Gasteiger partial charge in [0, 0.05) is 12.5 Å². The number of esters is 1. The Hall–Kier alpha value is -1.56. The second kappa shape index (κ2) is 5.86. The van der Waals surface area contributed by atoms with E-state index >= 15 is 0 Å². The zero-order valence-electron chi connectivity index (χ0n) is 9.83. The minimum Gasteiger partial charge on any atom is -0.465 e. The van der Waals surface area contributed by atoms with E-state index in [9.17, 15) is 18.0 Å². The van der Waals surface area contributed by atoms with E-state index in [2.05, 4.69) is 4.74 Å². The zero-order valence-corrected chi connectivity index (χ0v) is 9.83. The van der Waals surface area contributed by atoms with Gasteiger partial charge in [0.2, 0.25) is 0 Å². The lowest BCUT2D eigenvalue weighted by atomic mass is 10.0. The summed E-state index contributed by atoms with van der Waals surface area (Å²) >= 11 is 0. The maximum absolute atomic E-state index is 12.0. The molecule has 0 aliphatic rings. The molecule has 0 aliphatic carbocycles. The number of rotatable bonds is 4. The molecular formula is C12H14F3NO2. The van der Waals surface area contributed by atoms with Gasteiger partial charge in [0.1, 0.15) is 0 Å². The number of ether oxygens (including phenoxy) is 1. The van der Waals surface area contributed by atoms with Gasteiger partial charge in [0.05, 0.1) is 12.7 Å². The molecule has 0 amide bonds. The molecule has 0 saturated carbocycles. The minimum absolute atomic E-state index is 0.179. The van der Waals surface area contributed by atoms with Crippen molar-refractivity contribution in [3.05, 3.63) is 35.4 Å². The van der Waals surface area contributed by atoms with Crippen LogP contribution in [0.1, 0.15) is 34.8 Å². The highest BCUT2D eigenvalue weighted by molar-refractivity contribution is 5.89. The molecule has 1 atom stereocenters. The third-order valence-corrected chi connectivity index (χ3v) is 2.50. The van der Waals surface area contributed by atoms with Gasteiger partial charge in [0.25, 0.3) is 0 Å². The smallest absolute Gasteiger partial charge is 0.389 e. The molecule has 0 heterocycles. The molecule has 1 aromatic carbocycles. The number of alkyl halides is 3. The third kappa shape index (κ3) is 4.37. The van der Waals surface area contributed by atoms with Gasteiger partial charge in [-0.15, -0.1) is 0 Å². The maximum Gasteiger partial charge on any atom is 0.389 e. The summed E-state index contributed by atoms with van der Waals surface area (Å²) in [6, 6.07) is 5.34. The Morgan fingerprint density at radius 2 is 1.89 bits per heavy atom. The first-order chi connectivity index (χ1) is 8.33. The van der Waals surface area contributed by atoms with Crippen molar-refractivity contribution in [3.63, 3.8) is 0 Å². The van der Waals surface area contributed by atoms with Crippen LogP contribution in [0.3, 0.4) is 0 Å². The maximum atomic E-state index is 12.0. The highest BCUT2D eigenvalue weighted by atomic mass is 19.4. The van der Waals surface area contributed by atoms with Gasteiger partial charge in [-0.05, 0) is 24.1 Å². The van der Waals surface area contributed by atoms with Crippen molar-refractivity contribution in [3.8, 4) is 0 Å². The molecule has 0 unspecified atom stereocenters. The lowest BCUT2D eigenvalue weighted by molar-refractivity contribution is -0.136. The Bertz CT molecular complexity index is 401. The van der Waals surface area contributed by atoms with E-state index in [0.29, 0.717) is 11.1 Å². The van der Waals surface area contributed by atoms with Gasteiger partial charge < -0.3 is 10.5 Å². The molecule has 2 N–H and O–H groups in total.